The topological polar surface area (TPSA) is 106 Å². The van der Waals surface area contributed by atoms with E-state index in [-0.39, 0.29) is 12.1 Å². The molecule has 0 aliphatic rings. The van der Waals surface area contributed by atoms with Crippen LogP contribution in [0.5, 0.6) is 0 Å². The van der Waals surface area contributed by atoms with Crippen molar-refractivity contribution in [3.8, 4) is 0 Å². The van der Waals surface area contributed by atoms with Crippen LogP contribution in [-0.4, -0.2) is 27.0 Å². The molecule has 0 saturated carbocycles. The number of rotatable bonds is 2. The molecular formula is C17H18N4O4. The van der Waals surface area contributed by atoms with E-state index in [1.165, 1.54) is 6.33 Å². The van der Waals surface area contributed by atoms with Crippen LogP contribution in [0.1, 0.15) is 20.8 Å². The lowest BCUT2D eigenvalue weighted by atomic mass is 10.1. The number of benzene rings is 1. The molecule has 3 aromatic rings. The molecule has 1 aromatic carbocycles. The quantitative estimate of drug-likeness (QED) is 0.738. The lowest BCUT2D eigenvalue weighted by Crippen LogP contribution is -2.49. The Bertz CT molecular complexity index is 1030. The van der Waals surface area contributed by atoms with Crippen molar-refractivity contribution in [1.82, 2.24) is 20.2 Å². The van der Waals surface area contributed by atoms with Crippen LogP contribution in [0, 0.1) is 0 Å². The normalized spacial score (nSPS) is 11.6. The fraction of sp³-hybridized carbons (Fsp3) is 0.294. The zero-order valence-corrected chi connectivity index (χ0v) is 14.1. The SMILES string of the molecule is CC(C)(C)NC(=O)NC(=O)Cn1cnc2c(oc3ccccc32)c1=O. The van der Waals surface area contributed by atoms with E-state index in [0.29, 0.717) is 11.1 Å². The summed E-state index contributed by atoms with van der Waals surface area (Å²) in [7, 11) is 0. The molecule has 8 heteroatoms. The Morgan fingerprint density at radius 3 is 2.68 bits per heavy atom. The van der Waals surface area contributed by atoms with Crippen LogP contribution in [0.25, 0.3) is 22.1 Å². The minimum absolute atomic E-state index is 0.0793. The summed E-state index contributed by atoms with van der Waals surface area (Å²) in [6.07, 6.45) is 1.27. The van der Waals surface area contributed by atoms with Gasteiger partial charge < -0.3 is 9.73 Å². The standard InChI is InChI=1S/C17H18N4O4/c1-17(2,3)20-16(24)19-12(22)8-21-9-18-13-10-6-4-5-7-11(10)25-14(13)15(21)23/h4-7,9H,8H2,1-3H3,(H2,19,20,22,24). The predicted molar refractivity (Wildman–Crippen MR) is 92.2 cm³/mol. The number of amides is 3. The lowest BCUT2D eigenvalue weighted by Gasteiger charge is -2.20. The van der Waals surface area contributed by atoms with Crippen LogP contribution in [0.2, 0.25) is 0 Å². The molecule has 2 N–H and O–H groups in total. The van der Waals surface area contributed by atoms with Crippen molar-refractivity contribution in [2.75, 3.05) is 0 Å². The maximum atomic E-state index is 12.5. The molecule has 2 heterocycles. The lowest BCUT2D eigenvalue weighted by molar-refractivity contribution is -0.120. The van der Waals surface area contributed by atoms with E-state index in [9.17, 15) is 14.4 Å². The number of carbonyl (C=O) groups is 2. The van der Waals surface area contributed by atoms with Gasteiger partial charge in [0.15, 0.2) is 0 Å². The smallest absolute Gasteiger partial charge is 0.321 e. The molecule has 0 atom stereocenters. The van der Waals surface area contributed by atoms with Gasteiger partial charge in [0.05, 0.1) is 6.33 Å². The monoisotopic (exact) mass is 342 g/mol. The highest BCUT2D eigenvalue weighted by Gasteiger charge is 2.18. The van der Waals surface area contributed by atoms with Crippen molar-refractivity contribution >= 4 is 34.0 Å². The minimum Gasteiger partial charge on any atom is -0.448 e. The maximum absolute atomic E-state index is 12.5. The number of para-hydroxylation sites is 1. The molecule has 130 valence electrons. The molecule has 0 aliphatic heterocycles. The van der Waals surface area contributed by atoms with Crippen LogP contribution in [0.4, 0.5) is 4.79 Å². The molecule has 0 saturated heterocycles. The van der Waals surface area contributed by atoms with E-state index >= 15 is 0 Å². The van der Waals surface area contributed by atoms with Gasteiger partial charge in [0.25, 0.3) is 5.56 Å². The highest BCUT2D eigenvalue weighted by atomic mass is 16.3. The summed E-state index contributed by atoms with van der Waals surface area (Å²) in [6.45, 7) is 5.04. The second kappa shape index (κ2) is 6.04. The predicted octanol–water partition coefficient (Wildman–Crippen LogP) is 1.77. The molecule has 0 spiro atoms. The largest absolute Gasteiger partial charge is 0.448 e. The number of hydrogen-bond acceptors (Lipinski definition) is 5. The third-order valence-electron chi connectivity index (χ3n) is 3.41. The van der Waals surface area contributed by atoms with E-state index < -0.39 is 23.0 Å². The molecule has 25 heavy (non-hydrogen) atoms. The zero-order valence-electron chi connectivity index (χ0n) is 14.1. The highest BCUT2D eigenvalue weighted by Crippen LogP contribution is 2.23. The van der Waals surface area contributed by atoms with Gasteiger partial charge in [0, 0.05) is 10.9 Å². The number of nitrogens with one attached hydrogen (secondary N) is 2. The van der Waals surface area contributed by atoms with Gasteiger partial charge in [-0.15, -0.1) is 0 Å². The molecule has 0 fully saturated rings. The van der Waals surface area contributed by atoms with E-state index in [1.807, 2.05) is 12.1 Å². The first kappa shape index (κ1) is 16.7. The van der Waals surface area contributed by atoms with Gasteiger partial charge >= 0.3 is 6.03 Å². The van der Waals surface area contributed by atoms with Crippen LogP contribution < -0.4 is 16.2 Å². The summed E-state index contributed by atoms with van der Waals surface area (Å²) in [5.41, 5.74) is 0.121. The van der Waals surface area contributed by atoms with Gasteiger partial charge in [-0.2, -0.15) is 0 Å². The zero-order chi connectivity index (χ0) is 18.2. The van der Waals surface area contributed by atoms with E-state index in [4.69, 9.17) is 4.42 Å². The van der Waals surface area contributed by atoms with Crippen LogP contribution >= 0.6 is 0 Å². The van der Waals surface area contributed by atoms with E-state index in [2.05, 4.69) is 15.6 Å². The third kappa shape index (κ3) is 3.52. The van der Waals surface area contributed by atoms with Gasteiger partial charge in [-0.25, -0.2) is 9.78 Å². The Hall–Kier alpha value is -3.16. The number of fused-ring (bicyclic) bond motifs is 3. The molecule has 0 bridgehead atoms. The van der Waals surface area contributed by atoms with Gasteiger partial charge in [-0.05, 0) is 32.9 Å². The summed E-state index contributed by atoms with van der Waals surface area (Å²) < 4.78 is 6.65. The maximum Gasteiger partial charge on any atom is 0.321 e. The number of urea groups is 1. The highest BCUT2D eigenvalue weighted by molar-refractivity contribution is 6.01. The summed E-state index contributed by atoms with van der Waals surface area (Å²) in [4.78, 5) is 40.4. The first-order chi connectivity index (χ1) is 11.7. The molecule has 8 nitrogen and oxygen atoms in total. The number of imide groups is 1. The van der Waals surface area contributed by atoms with Gasteiger partial charge in [0.1, 0.15) is 17.6 Å². The Labute approximate surface area is 142 Å². The van der Waals surface area contributed by atoms with Crippen molar-refractivity contribution in [2.45, 2.75) is 32.9 Å². The van der Waals surface area contributed by atoms with E-state index in [1.54, 1.807) is 32.9 Å². The van der Waals surface area contributed by atoms with Crippen molar-refractivity contribution in [1.29, 1.82) is 0 Å². The second-order valence-corrected chi connectivity index (χ2v) is 6.71. The van der Waals surface area contributed by atoms with Crippen LogP contribution in [0.15, 0.2) is 39.8 Å². The number of furan rings is 1. The summed E-state index contributed by atoms with van der Waals surface area (Å²) >= 11 is 0. The minimum atomic E-state index is -0.624. The number of nitrogens with zero attached hydrogens (tertiary/aromatic N) is 2. The number of aromatic nitrogens is 2. The van der Waals surface area contributed by atoms with Gasteiger partial charge in [-0.3, -0.25) is 19.5 Å². The summed E-state index contributed by atoms with van der Waals surface area (Å²) in [5.74, 6) is -0.624. The molecule has 3 rings (SSSR count). The number of hydrogen-bond donors (Lipinski definition) is 2. The van der Waals surface area contributed by atoms with Crippen LogP contribution in [0.3, 0.4) is 0 Å². The van der Waals surface area contributed by atoms with Crippen molar-refractivity contribution < 1.29 is 14.0 Å². The Morgan fingerprint density at radius 2 is 1.96 bits per heavy atom. The molecule has 0 aliphatic carbocycles. The molecule has 0 unspecified atom stereocenters. The van der Waals surface area contributed by atoms with E-state index in [0.717, 1.165) is 9.95 Å². The van der Waals surface area contributed by atoms with Crippen molar-refractivity contribution in [3.05, 3.63) is 40.9 Å². The van der Waals surface area contributed by atoms with Crippen molar-refractivity contribution in [2.24, 2.45) is 0 Å². The van der Waals surface area contributed by atoms with Crippen molar-refractivity contribution in [3.63, 3.8) is 0 Å². The Morgan fingerprint density at radius 1 is 1.24 bits per heavy atom. The van der Waals surface area contributed by atoms with Gasteiger partial charge in [0.2, 0.25) is 11.5 Å². The summed E-state index contributed by atoms with van der Waals surface area (Å²) in [6, 6.07) is 6.55. The number of carbonyl (C=O) groups excluding carboxylic acids is 2. The molecular weight excluding hydrogens is 324 g/mol. The second-order valence-electron chi connectivity index (χ2n) is 6.71. The average molecular weight is 342 g/mol. The molecule has 3 amide bonds. The third-order valence-corrected chi connectivity index (χ3v) is 3.41. The molecule has 0 radical (unpaired) electrons. The first-order valence-corrected chi connectivity index (χ1v) is 7.73. The fourth-order valence-electron chi connectivity index (χ4n) is 2.42. The van der Waals surface area contributed by atoms with Gasteiger partial charge in [-0.1, -0.05) is 12.1 Å². The first-order valence-electron chi connectivity index (χ1n) is 7.73. The fourth-order valence-corrected chi connectivity index (χ4v) is 2.42. The average Bonchev–Trinajstić information content (AvgIpc) is 2.87. The Kier molecular flexibility index (Phi) is 4.03. The molecule has 2 aromatic heterocycles. The van der Waals surface area contributed by atoms with Crippen LogP contribution in [-0.2, 0) is 11.3 Å². The summed E-state index contributed by atoms with van der Waals surface area (Å²) in [5, 5.41) is 5.52. The Balaban J connectivity index is 1.83.